The Morgan fingerprint density at radius 3 is 2.57 bits per heavy atom. The Morgan fingerprint density at radius 2 is 1.90 bits per heavy atom. The van der Waals surface area contributed by atoms with E-state index in [1.54, 1.807) is 0 Å². The monoisotopic (exact) mass is 287 g/mol. The molecule has 2 aromatic rings. The molecule has 0 bridgehead atoms. The first-order valence-corrected chi connectivity index (χ1v) is 7.95. The van der Waals surface area contributed by atoms with Gasteiger partial charge in [-0.2, -0.15) is 5.10 Å². The molecule has 0 saturated heterocycles. The Morgan fingerprint density at radius 1 is 1.19 bits per heavy atom. The van der Waals surface area contributed by atoms with Crippen molar-refractivity contribution in [3.63, 3.8) is 0 Å². The smallest absolute Gasteiger partial charge is 0.152 e. The first kappa shape index (κ1) is 14.3. The van der Waals surface area contributed by atoms with Crippen molar-refractivity contribution >= 4 is 11.3 Å². The van der Waals surface area contributed by atoms with Crippen LogP contribution < -0.4 is 10.6 Å². The van der Waals surface area contributed by atoms with Crippen molar-refractivity contribution in [3.8, 4) is 0 Å². The van der Waals surface area contributed by atoms with Gasteiger partial charge >= 0.3 is 0 Å². The molecular formula is C16H25N5. The van der Waals surface area contributed by atoms with Gasteiger partial charge in [0.25, 0.3) is 0 Å². The molecule has 0 aliphatic heterocycles. The van der Waals surface area contributed by atoms with Crippen LogP contribution in [0.3, 0.4) is 0 Å². The zero-order valence-electron chi connectivity index (χ0n) is 13.1. The average molecular weight is 287 g/mol. The van der Waals surface area contributed by atoms with Crippen molar-refractivity contribution in [1.29, 1.82) is 0 Å². The number of hydrogen-bond donors (Lipinski definition) is 2. The SMILES string of the molecule is CNC1CCC(Nc2nccn3nc(C(C)C)cc23)CC1. The van der Waals surface area contributed by atoms with Crippen LogP contribution in [0.25, 0.3) is 5.52 Å². The van der Waals surface area contributed by atoms with Crippen LogP contribution in [0, 0.1) is 0 Å². The highest BCUT2D eigenvalue weighted by molar-refractivity contribution is 5.68. The summed E-state index contributed by atoms with van der Waals surface area (Å²) >= 11 is 0. The van der Waals surface area contributed by atoms with Crippen LogP contribution in [0.1, 0.15) is 51.1 Å². The molecule has 0 amide bonds. The van der Waals surface area contributed by atoms with Crippen molar-refractivity contribution in [2.75, 3.05) is 12.4 Å². The second kappa shape index (κ2) is 6.02. The number of hydrogen-bond acceptors (Lipinski definition) is 4. The van der Waals surface area contributed by atoms with Crippen molar-refractivity contribution in [3.05, 3.63) is 24.2 Å². The Hall–Kier alpha value is -1.62. The summed E-state index contributed by atoms with van der Waals surface area (Å²) in [5, 5.41) is 11.6. The van der Waals surface area contributed by atoms with Crippen molar-refractivity contribution in [1.82, 2.24) is 19.9 Å². The Balaban J connectivity index is 1.78. The molecule has 2 aromatic heterocycles. The Labute approximate surface area is 126 Å². The molecule has 21 heavy (non-hydrogen) atoms. The lowest BCUT2D eigenvalue weighted by atomic mass is 9.91. The summed E-state index contributed by atoms with van der Waals surface area (Å²) in [6.45, 7) is 4.34. The summed E-state index contributed by atoms with van der Waals surface area (Å²) in [5.74, 6) is 1.40. The number of rotatable bonds is 4. The molecular weight excluding hydrogens is 262 g/mol. The van der Waals surface area contributed by atoms with Gasteiger partial charge in [0, 0.05) is 24.5 Å². The summed E-state index contributed by atoms with van der Waals surface area (Å²) in [5.41, 5.74) is 2.20. The lowest BCUT2D eigenvalue weighted by Crippen LogP contribution is -2.35. The van der Waals surface area contributed by atoms with Gasteiger partial charge in [0.1, 0.15) is 5.52 Å². The van der Waals surface area contributed by atoms with E-state index in [-0.39, 0.29) is 0 Å². The van der Waals surface area contributed by atoms with E-state index in [1.807, 2.05) is 16.9 Å². The molecule has 5 nitrogen and oxygen atoms in total. The molecule has 3 rings (SSSR count). The minimum Gasteiger partial charge on any atom is -0.366 e. The molecule has 2 heterocycles. The van der Waals surface area contributed by atoms with E-state index < -0.39 is 0 Å². The maximum absolute atomic E-state index is 4.62. The summed E-state index contributed by atoms with van der Waals surface area (Å²) in [7, 11) is 2.06. The minimum atomic E-state index is 0.434. The predicted molar refractivity (Wildman–Crippen MR) is 85.8 cm³/mol. The summed E-state index contributed by atoms with van der Waals surface area (Å²) in [6.07, 6.45) is 8.59. The van der Waals surface area contributed by atoms with E-state index in [0.717, 1.165) is 17.0 Å². The van der Waals surface area contributed by atoms with Crippen molar-refractivity contribution < 1.29 is 0 Å². The molecule has 0 spiro atoms. The van der Waals surface area contributed by atoms with E-state index in [4.69, 9.17) is 0 Å². The highest BCUT2D eigenvalue weighted by Gasteiger charge is 2.21. The van der Waals surface area contributed by atoms with Gasteiger partial charge in [-0.25, -0.2) is 9.50 Å². The van der Waals surface area contributed by atoms with Gasteiger partial charge in [0.15, 0.2) is 5.82 Å². The lowest BCUT2D eigenvalue weighted by Gasteiger charge is -2.29. The Bertz CT molecular complexity index is 596. The maximum atomic E-state index is 4.62. The number of nitrogens with zero attached hydrogens (tertiary/aromatic N) is 3. The molecule has 0 atom stereocenters. The molecule has 2 N–H and O–H groups in total. The van der Waals surface area contributed by atoms with Crippen LogP contribution in [-0.4, -0.2) is 33.7 Å². The van der Waals surface area contributed by atoms with Crippen LogP contribution in [-0.2, 0) is 0 Å². The molecule has 114 valence electrons. The average Bonchev–Trinajstić information content (AvgIpc) is 2.93. The van der Waals surface area contributed by atoms with Crippen LogP contribution in [0.15, 0.2) is 18.5 Å². The van der Waals surface area contributed by atoms with Crippen LogP contribution >= 0.6 is 0 Å². The minimum absolute atomic E-state index is 0.434. The summed E-state index contributed by atoms with van der Waals surface area (Å²) < 4.78 is 1.93. The fourth-order valence-electron chi connectivity index (χ4n) is 3.05. The zero-order valence-corrected chi connectivity index (χ0v) is 13.1. The third-order valence-electron chi connectivity index (χ3n) is 4.48. The van der Waals surface area contributed by atoms with E-state index in [9.17, 15) is 0 Å². The van der Waals surface area contributed by atoms with Gasteiger partial charge in [-0.15, -0.1) is 0 Å². The molecule has 0 radical (unpaired) electrons. The second-order valence-corrected chi connectivity index (χ2v) is 6.31. The largest absolute Gasteiger partial charge is 0.366 e. The lowest BCUT2D eigenvalue weighted by molar-refractivity contribution is 0.371. The van der Waals surface area contributed by atoms with Gasteiger partial charge in [-0.3, -0.25) is 0 Å². The second-order valence-electron chi connectivity index (χ2n) is 6.31. The molecule has 0 unspecified atom stereocenters. The topological polar surface area (TPSA) is 54.2 Å². The Kier molecular flexibility index (Phi) is 4.10. The zero-order chi connectivity index (χ0) is 14.8. The van der Waals surface area contributed by atoms with Crippen molar-refractivity contribution in [2.24, 2.45) is 0 Å². The third-order valence-corrected chi connectivity index (χ3v) is 4.48. The molecule has 5 heteroatoms. The van der Waals surface area contributed by atoms with E-state index in [0.29, 0.717) is 18.0 Å². The normalized spacial score (nSPS) is 22.9. The molecule has 1 aliphatic carbocycles. The standard InChI is InChI=1S/C16H25N5/c1-11(2)14-10-15-16(18-8-9-21(15)20-14)19-13-6-4-12(17-3)5-7-13/h8-13,17H,4-7H2,1-3H3,(H,18,19). The van der Waals surface area contributed by atoms with Crippen molar-refractivity contribution in [2.45, 2.75) is 57.5 Å². The van der Waals surface area contributed by atoms with Crippen LogP contribution in [0.4, 0.5) is 5.82 Å². The fourth-order valence-corrected chi connectivity index (χ4v) is 3.05. The third kappa shape index (κ3) is 3.02. The van der Waals surface area contributed by atoms with Gasteiger partial charge in [-0.1, -0.05) is 13.8 Å². The van der Waals surface area contributed by atoms with E-state index >= 15 is 0 Å². The summed E-state index contributed by atoms with van der Waals surface area (Å²) in [4.78, 5) is 4.53. The fraction of sp³-hybridized carbons (Fsp3) is 0.625. The van der Waals surface area contributed by atoms with Gasteiger partial charge in [-0.05, 0) is 44.7 Å². The molecule has 0 aromatic carbocycles. The summed E-state index contributed by atoms with van der Waals surface area (Å²) in [6, 6.07) is 3.35. The maximum Gasteiger partial charge on any atom is 0.152 e. The highest BCUT2D eigenvalue weighted by Crippen LogP contribution is 2.25. The molecule has 1 saturated carbocycles. The van der Waals surface area contributed by atoms with E-state index in [1.165, 1.54) is 25.7 Å². The number of aromatic nitrogens is 3. The number of anilines is 1. The van der Waals surface area contributed by atoms with Gasteiger partial charge in [0.2, 0.25) is 0 Å². The predicted octanol–water partition coefficient (Wildman–Crippen LogP) is 2.80. The quantitative estimate of drug-likeness (QED) is 0.908. The molecule has 1 fully saturated rings. The number of nitrogens with one attached hydrogen (secondary N) is 2. The van der Waals surface area contributed by atoms with Crippen LogP contribution in [0.5, 0.6) is 0 Å². The molecule has 1 aliphatic rings. The first-order chi connectivity index (χ1) is 10.2. The first-order valence-electron chi connectivity index (χ1n) is 7.95. The number of fused-ring (bicyclic) bond motifs is 1. The van der Waals surface area contributed by atoms with Crippen LogP contribution in [0.2, 0.25) is 0 Å². The van der Waals surface area contributed by atoms with Gasteiger partial charge < -0.3 is 10.6 Å². The van der Waals surface area contributed by atoms with Gasteiger partial charge in [0.05, 0.1) is 5.69 Å². The highest BCUT2D eigenvalue weighted by atomic mass is 15.2. The van der Waals surface area contributed by atoms with E-state index in [2.05, 4.69) is 47.7 Å².